The van der Waals surface area contributed by atoms with Gasteiger partial charge in [0.1, 0.15) is 0 Å². The molecule has 1 aliphatic heterocycles. The molecule has 1 heterocycles. The fourth-order valence-corrected chi connectivity index (χ4v) is 4.62. The van der Waals surface area contributed by atoms with E-state index in [9.17, 15) is 13.2 Å². The Morgan fingerprint density at radius 1 is 0.967 bits per heavy atom. The molecule has 5 nitrogen and oxygen atoms in total. The third-order valence-corrected chi connectivity index (χ3v) is 6.52. The van der Waals surface area contributed by atoms with E-state index in [0.29, 0.717) is 17.8 Å². The smallest absolute Gasteiger partial charge is 0.258 e. The zero-order valence-corrected chi connectivity index (χ0v) is 17.9. The molecule has 154 valence electrons. The summed E-state index contributed by atoms with van der Waals surface area (Å²) in [6.07, 6.45) is 2.04. The van der Waals surface area contributed by atoms with E-state index in [0.717, 1.165) is 23.2 Å². The summed E-state index contributed by atoms with van der Waals surface area (Å²) in [5.74, 6) is -0.0732. The highest BCUT2D eigenvalue weighted by molar-refractivity contribution is 7.92. The SMILES string of the molecule is Cc1ccc(CN(c2ccc(C(=O)N3CCc4ccccc43)cc2)S(C)(=O)=O)cc1. The largest absolute Gasteiger partial charge is 0.308 e. The second-order valence-electron chi connectivity index (χ2n) is 7.64. The van der Waals surface area contributed by atoms with Crippen LogP contribution in [-0.4, -0.2) is 27.1 Å². The number of hydrogen-bond acceptors (Lipinski definition) is 3. The molecule has 0 atom stereocenters. The van der Waals surface area contributed by atoms with Gasteiger partial charge in [0.05, 0.1) is 18.5 Å². The Kier molecular flexibility index (Phi) is 5.35. The highest BCUT2D eigenvalue weighted by atomic mass is 32.2. The lowest BCUT2D eigenvalue weighted by atomic mass is 10.1. The number of rotatable bonds is 5. The lowest BCUT2D eigenvalue weighted by Crippen LogP contribution is -2.30. The number of anilines is 2. The van der Waals surface area contributed by atoms with Gasteiger partial charge in [-0.3, -0.25) is 9.10 Å². The third-order valence-electron chi connectivity index (χ3n) is 5.38. The zero-order valence-electron chi connectivity index (χ0n) is 17.1. The number of hydrogen-bond donors (Lipinski definition) is 0. The average molecular weight is 421 g/mol. The molecule has 4 rings (SSSR count). The number of benzene rings is 3. The van der Waals surface area contributed by atoms with Gasteiger partial charge >= 0.3 is 0 Å². The lowest BCUT2D eigenvalue weighted by Gasteiger charge is -2.23. The van der Waals surface area contributed by atoms with Crippen LogP contribution in [0.1, 0.15) is 27.0 Å². The van der Waals surface area contributed by atoms with Crippen LogP contribution in [0.4, 0.5) is 11.4 Å². The van der Waals surface area contributed by atoms with E-state index in [1.807, 2.05) is 55.5 Å². The maximum Gasteiger partial charge on any atom is 0.258 e. The van der Waals surface area contributed by atoms with Crippen molar-refractivity contribution in [2.24, 2.45) is 0 Å². The summed E-state index contributed by atoms with van der Waals surface area (Å²) in [5.41, 5.74) is 5.22. The molecule has 0 fully saturated rings. The number of carbonyl (C=O) groups excluding carboxylic acids is 1. The van der Waals surface area contributed by atoms with Gasteiger partial charge in [0.2, 0.25) is 10.0 Å². The predicted molar refractivity (Wildman–Crippen MR) is 120 cm³/mol. The zero-order chi connectivity index (χ0) is 21.3. The number of nitrogens with zero attached hydrogens (tertiary/aromatic N) is 2. The van der Waals surface area contributed by atoms with Crippen molar-refractivity contribution in [1.82, 2.24) is 0 Å². The summed E-state index contributed by atoms with van der Waals surface area (Å²) in [6, 6.07) is 22.5. The molecule has 1 aliphatic rings. The molecular weight excluding hydrogens is 396 g/mol. The van der Waals surface area contributed by atoms with E-state index < -0.39 is 10.0 Å². The minimum atomic E-state index is -3.48. The molecule has 0 saturated carbocycles. The Morgan fingerprint density at radius 3 is 2.30 bits per heavy atom. The molecule has 0 bridgehead atoms. The van der Waals surface area contributed by atoms with Crippen LogP contribution in [0.25, 0.3) is 0 Å². The van der Waals surface area contributed by atoms with E-state index in [1.54, 1.807) is 29.2 Å². The number of amides is 1. The fraction of sp³-hybridized carbons (Fsp3) is 0.208. The summed E-state index contributed by atoms with van der Waals surface area (Å²) < 4.78 is 26.2. The Balaban J connectivity index is 1.58. The first-order chi connectivity index (χ1) is 14.3. The van der Waals surface area contributed by atoms with Crippen molar-refractivity contribution < 1.29 is 13.2 Å². The summed E-state index contributed by atoms with van der Waals surface area (Å²) >= 11 is 0. The van der Waals surface area contributed by atoms with Crippen LogP contribution >= 0.6 is 0 Å². The first kappa shape index (κ1) is 20.2. The fourth-order valence-electron chi connectivity index (χ4n) is 3.73. The third kappa shape index (κ3) is 4.09. The van der Waals surface area contributed by atoms with E-state index >= 15 is 0 Å². The molecule has 3 aromatic rings. The maximum atomic E-state index is 13.0. The van der Waals surface area contributed by atoms with Crippen LogP contribution in [-0.2, 0) is 23.0 Å². The Hall–Kier alpha value is -3.12. The van der Waals surface area contributed by atoms with Crippen LogP contribution < -0.4 is 9.21 Å². The molecule has 0 aliphatic carbocycles. The molecule has 6 heteroatoms. The van der Waals surface area contributed by atoms with Crippen LogP contribution in [0.2, 0.25) is 0 Å². The Labute approximate surface area is 177 Å². The van der Waals surface area contributed by atoms with Crippen molar-refractivity contribution in [2.75, 3.05) is 22.0 Å². The van der Waals surface area contributed by atoms with Crippen molar-refractivity contribution in [3.63, 3.8) is 0 Å². The van der Waals surface area contributed by atoms with Gasteiger partial charge in [-0.15, -0.1) is 0 Å². The van der Waals surface area contributed by atoms with Crippen molar-refractivity contribution in [3.05, 3.63) is 95.1 Å². The lowest BCUT2D eigenvalue weighted by molar-refractivity contribution is 0.0989. The van der Waals surface area contributed by atoms with Gasteiger partial charge in [-0.05, 0) is 54.8 Å². The number of para-hydroxylation sites is 1. The van der Waals surface area contributed by atoms with Crippen molar-refractivity contribution >= 4 is 27.3 Å². The van der Waals surface area contributed by atoms with E-state index in [4.69, 9.17) is 0 Å². The maximum absolute atomic E-state index is 13.0. The Bertz CT molecular complexity index is 1170. The molecule has 0 unspecified atom stereocenters. The summed E-state index contributed by atoms with van der Waals surface area (Å²) in [4.78, 5) is 14.8. The van der Waals surface area contributed by atoms with Gasteiger partial charge in [0.25, 0.3) is 5.91 Å². The van der Waals surface area contributed by atoms with Crippen molar-refractivity contribution in [3.8, 4) is 0 Å². The number of sulfonamides is 1. The molecule has 0 saturated heterocycles. The number of fused-ring (bicyclic) bond motifs is 1. The van der Waals surface area contributed by atoms with Crippen molar-refractivity contribution in [2.45, 2.75) is 19.9 Å². The molecule has 0 spiro atoms. The normalized spacial score (nSPS) is 13.2. The Morgan fingerprint density at radius 2 is 1.63 bits per heavy atom. The number of carbonyl (C=O) groups is 1. The summed E-state index contributed by atoms with van der Waals surface area (Å²) in [6.45, 7) is 2.89. The van der Waals surface area contributed by atoms with Crippen molar-refractivity contribution in [1.29, 1.82) is 0 Å². The van der Waals surface area contributed by atoms with Gasteiger partial charge in [-0.25, -0.2) is 8.42 Å². The molecule has 3 aromatic carbocycles. The monoisotopic (exact) mass is 420 g/mol. The quantitative estimate of drug-likeness (QED) is 0.623. The van der Waals surface area contributed by atoms with Crippen LogP contribution in [0.3, 0.4) is 0 Å². The highest BCUT2D eigenvalue weighted by Crippen LogP contribution is 2.29. The van der Waals surface area contributed by atoms with Gasteiger partial charge in [0, 0.05) is 17.8 Å². The first-order valence-corrected chi connectivity index (χ1v) is 11.7. The molecule has 0 radical (unpaired) electrons. The minimum absolute atomic E-state index is 0.0732. The van der Waals surface area contributed by atoms with Gasteiger partial charge in [-0.1, -0.05) is 48.0 Å². The van der Waals surface area contributed by atoms with E-state index in [1.165, 1.54) is 16.1 Å². The first-order valence-electron chi connectivity index (χ1n) is 9.86. The molecule has 1 amide bonds. The van der Waals surface area contributed by atoms with Crippen LogP contribution in [0, 0.1) is 6.92 Å². The molecule has 30 heavy (non-hydrogen) atoms. The highest BCUT2D eigenvalue weighted by Gasteiger charge is 2.25. The van der Waals surface area contributed by atoms with E-state index in [-0.39, 0.29) is 12.5 Å². The van der Waals surface area contributed by atoms with Crippen LogP contribution in [0.15, 0.2) is 72.8 Å². The van der Waals surface area contributed by atoms with Crippen LogP contribution in [0.5, 0.6) is 0 Å². The van der Waals surface area contributed by atoms with E-state index in [2.05, 4.69) is 0 Å². The van der Waals surface area contributed by atoms with Gasteiger partial charge in [-0.2, -0.15) is 0 Å². The standard InChI is InChI=1S/C24H24N2O3S/c1-18-7-9-19(10-8-18)17-26(30(2,28)29)22-13-11-21(12-14-22)24(27)25-16-15-20-5-3-4-6-23(20)25/h3-14H,15-17H2,1-2H3. The minimum Gasteiger partial charge on any atom is -0.308 e. The predicted octanol–water partition coefficient (Wildman–Crippen LogP) is 4.16. The summed E-state index contributed by atoms with van der Waals surface area (Å²) in [7, 11) is -3.48. The second-order valence-corrected chi connectivity index (χ2v) is 9.54. The molecular formula is C24H24N2O3S. The van der Waals surface area contributed by atoms with Gasteiger partial charge in [0.15, 0.2) is 0 Å². The number of aryl methyl sites for hydroxylation is 1. The molecule has 0 aromatic heterocycles. The topological polar surface area (TPSA) is 57.7 Å². The summed E-state index contributed by atoms with van der Waals surface area (Å²) in [5, 5.41) is 0. The average Bonchev–Trinajstić information content (AvgIpc) is 3.16. The van der Waals surface area contributed by atoms with Gasteiger partial charge < -0.3 is 4.90 Å². The molecule has 0 N–H and O–H groups in total. The second kappa shape index (κ2) is 7.95.